The Labute approximate surface area is 147 Å². The lowest BCUT2D eigenvalue weighted by Crippen LogP contribution is -2.12. The van der Waals surface area contributed by atoms with E-state index in [0.29, 0.717) is 21.4 Å². The Kier molecular flexibility index (Phi) is 5.92. The van der Waals surface area contributed by atoms with E-state index >= 15 is 0 Å². The van der Waals surface area contributed by atoms with Gasteiger partial charge in [-0.25, -0.2) is 9.78 Å². The Morgan fingerprint density at radius 3 is 2.38 bits per heavy atom. The Morgan fingerprint density at radius 2 is 1.79 bits per heavy atom. The van der Waals surface area contributed by atoms with Gasteiger partial charge in [-0.3, -0.25) is 4.79 Å². The minimum atomic E-state index is -0.512. The van der Waals surface area contributed by atoms with Crippen molar-refractivity contribution < 1.29 is 24.2 Å². The van der Waals surface area contributed by atoms with Gasteiger partial charge in [0.2, 0.25) is 0 Å². The van der Waals surface area contributed by atoms with Gasteiger partial charge in [-0.05, 0) is 45.8 Å². The van der Waals surface area contributed by atoms with Crippen LogP contribution in [0.25, 0.3) is 0 Å². The highest BCUT2D eigenvalue weighted by molar-refractivity contribution is 9.10. The van der Waals surface area contributed by atoms with Gasteiger partial charge >= 0.3 is 11.9 Å². The van der Waals surface area contributed by atoms with Crippen molar-refractivity contribution in [1.82, 2.24) is 4.98 Å². The molecule has 1 unspecified atom stereocenters. The second kappa shape index (κ2) is 7.92. The van der Waals surface area contributed by atoms with Crippen molar-refractivity contribution in [2.24, 2.45) is 0 Å². The molecule has 0 saturated carbocycles. The lowest BCUT2D eigenvalue weighted by molar-refractivity contribution is -0.140. The zero-order valence-electron chi connectivity index (χ0n) is 13.2. The Balaban J connectivity index is 2.44. The van der Waals surface area contributed by atoms with Crippen LogP contribution >= 0.6 is 15.9 Å². The first-order valence-electron chi connectivity index (χ1n) is 7.06. The lowest BCUT2D eigenvalue weighted by atomic mass is 9.91. The number of ether oxygens (including phenoxy) is 2. The number of hydrogen-bond acceptors (Lipinski definition) is 6. The van der Waals surface area contributed by atoms with Gasteiger partial charge in [0.25, 0.3) is 0 Å². The first-order chi connectivity index (χ1) is 11.5. The van der Waals surface area contributed by atoms with E-state index in [9.17, 15) is 14.7 Å². The number of aromatic hydroxyl groups is 1. The molecular weight excluding hydrogens is 378 g/mol. The number of benzene rings is 1. The molecule has 0 spiro atoms. The second-order valence-electron chi connectivity index (χ2n) is 4.98. The molecule has 0 saturated heterocycles. The zero-order valence-corrected chi connectivity index (χ0v) is 14.7. The number of halogens is 1. The second-order valence-corrected chi connectivity index (χ2v) is 5.80. The van der Waals surface area contributed by atoms with Crippen LogP contribution in [0.2, 0.25) is 0 Å². The third-order valence-corrected chi connectivity index (χ3v) is 3.97. The Morgan fingerprint density at radius 1 is 1.12 bits per heavy atom. The van der Waals surface area contributed by atoms with Crippen LogP contribution in [0.4, 0.5) is 0 Å². The number of hydrogen-bond donors (Lipinski definition) is 1. The van der Waals surface area contributed by atoms with Crippen molar-refractivity contribution in [3.05, 3.63) is 57.8 Å². The van der Waals surface area contributed by atoms with Crippen LogP contribution in [-0.2, 0) is 14.3 Å². The molecule has 126 valence electrons. The minimum Gasteiger partial charge on any atom is -0.506 e. The van der Waals surface area contributed by atoms with Gasteiger partial charge in [0.1, 0.15) is 10.4 Å². The molecule has 0 radical (unpaired) electrons. The smallest absolute Gasteiger partial charge is 0.337 e. The van der Waals surface area contributed by atoms with Crippen molar-refractivity contribution in [1.29, 1.82) is 0 Å². The number of esters is 2. The highest BCUT2D eigenvalue weighted by Crippen LogP contribution is 2.34. The summed E-state index contributed by atoms with van der Waals surface area (Å²) in [6.45, 7) is 0. The summed E-state index contributed by atoms with van der Waals surface area (Å²) in [5.74, 6) is -1.42. The molecular formula is C17H16BrNO5. The molecule has 0 aliphatic heterocycles. The fourth-order valence-corrected chi connectivity index (χ4v) is 2.61. The SMILES string of the molecule is COC(=O)CC(c1ccc(C(=O)OC)cc1)c1nc(Br)ccc1O. The van der Waals surface area contributed by atoms with Gasteiger partial charge in [0.15, 0.2) is 0 Å². The summed E-state index contributed by atoms with van der Waals surface area (Å²) in [6.07, 6.45) is 0.00504. The third-order valence-electron chi connectivity index (χ3n) is 3.53. The van der Waals surface area contributed by atoms with Crippen molar-refractivity contribution >= 4 is 27.9 Å². The van der Waals surface area contributed by atoms with E-state index in [2.05, 4.69) is 25.7 Å². The van der Waals surface area contributed by atoms with E-state index in [0.717, 1.165) is 0 Å². The van der Waals surface area contributed by atoms with Crippen LogP contribution in [0.1, 0.15) is 34.0 Å². The summed E-state index contributed by atoms with van der Waals surface area (Å²) < 4.78 is 9.94. The van der Waals surface area contributed by atoms with Crippen LogP contribution in [-0.4, -0.2) is 36.2 Å². The quantitative estimate of drug-likeness (QED) is 0.620. The molecule has 2 aromatic rings. The Bertz CT molecular complexity index is 745. The average Bonchev–Trinajstić information content (AvgIpc) is 2.61. The molecule has 0 aliphatic rings. The zero-order chi connectivity index (χ0) is 17.7. The van der Waals surface area contributed by atoms with Crippen LogP contribution < -0.4 is 0 Å². The predicted molar refractivity (Wildman–Crippen MR) is 89.9 cm³/mol. The largest absolute Gasteiger partial charge is 0.506 e. The predicted octanol–water partition coefficient (Wildman–Crippen LogP) is 3.03. The summed E-state index contributed by atoms with van der Waals surface area (Å²) in [5.41, 5.74) is 1.46. The van der Waals surface area contributed by atoms with Gasteiger partial charge < -0.3 is 14.6 Å². The molecule has 0 fully saturated rings. The molecule has 2 rings (SSSR count). The maximum absolute atomic E-state index is 11.8. The minimum absolute atomic E-state index is 0.00504. The highest BCUT2D eigenvalue weighted by Gasteiger charge is 2.24. The number of carbonyl (C=O) groups is 2. The average molecular weight is 394 g/mol. The van der Waals surface area contributed by atoms with Crippen molar-refractivity contribution in [3.8, 4) is 5.75 Å². The molecule has 24 heavy (non-hydrogen) atoms. The normalized spacial score (nSPS) is 11.6. The van der Waals surface area contributed by atoms with Gasteiger partial charge in [-0.15, -0.1) is 0 Å². The lowest BCUT2D eigenvalue weighted by Gasteiger charge is -2.17. The van der Waals surface area contributed by atoms with Crippen molar-refractivity contribution in [2.45, 2.75) is 12.3 Å². The van der Waals surface area contributed by atoms with E-state index in [-0.39, 0.29) is 12.2 Å². The van der Waals surface area contributed by atoms with E-state index in [1.807, 2.05) is 0 Å². The molecule has 0 bridgehead atoms. The molecule has 6 nitrogen and oxygen atoms in total. The van der Waals surface area contributed by atoms with Crippen molar-refractivity contribution in [2.75, 3.05) is 14.2 Å². The first kappa shape index (κ1) is 17.9. The molecule has 1 aromatic heterocycles. The van der Waals surface area contributed by atoms with Crippen LogP contribution in [0.3, 0.4) is 0 Å². The molecule has 0 aliphatic carbocycles. The first-order valence-corrected chi connectivity index (χ1v) is 7.86. The van der Waals surface area contributed by atoms with Crippen LogP contribution in [0.15, 0.2) is 41.0 Å². The summed E-state index contributed by atoms with van der Waals surface area (Å²) in [5, 5.41) is 10.1. The molecule has 1 atom stereocenters. The van der Waals surface area contributed by atoms with Gasteiger partial charge in [-0.1, -0.05) is 12.1 Å². The molecule has 1 aromatic carbocycles. The number of pyridine rings is 1. The number of rotatable bonds is 5. The topological polar surface area (TPSA) is 85.7 Å². The van der Waals surface area contributed by atoms with Gasteiger partial charge in [-0.2, -0.15) is 0 Å². The van der Waals surface area contributed by atoms with Crippen LogP contribution in [0, 0.1) is 0 Å². The standard InChI is InChI=1S/C17H16BrNO5/c1-23-15(21)9-12(16-13(20)7-8-14(18)19-16)10-3-5-11(6-4-10)17(22)24-2/h3-8,12,20H,9H2,1-2H3. The Hall–Kier alpha value is -2.41. The molecule has 0 amide bonds. The van der Waals surface area contributed by atoms with Gasteiger partial charge in [0.05, 0.1) is 31.9 Å². The van der Waals surface area contributed by atoms with E-state index in [1.54, 1.807) is 30.3 Å². The summed E-state index contributed by atoms with van der Waals surface area (Å²) in [7, 11) is 2.60. The number of methoxy groups -OCH3 is 2. The van der Waals surface area contributed by atoms with E-state index < -0.39 is 17.9 Å². The maximum atomic E-state index is 11.8. The fraction of sp³-hybridized carbons (Fsp3) is 0.235. The van der Waals surface area contributed by atoms with Gasteiger partial charge in [0, 0.05) is 5.92 Å². The number of aromatic nitrogens is 1. The maximum Gasteiger partial charge on any atom is 0.337 e. The van der Waals surface area contributed by atoms with Crippen molar-refractivity contribution in [3.63, 3.8) is 0 Å². The summed E-state index contributed by atoms with van der Waals surface area (Å²) in [6, 6.07) is 9.69. The van der Waals surface area contributed by atoms with E-state index in [4.69, 9.17) is 4.74 Å². The van der Waals surface area contributed by atoms with E-state index in [1.165, 1.54) is 20.3 Å². The fourth-order valence-electron chi connectivity index (χ4n) is 2.29. The molecule has 1 N–H and O–H groups in total. The monoisotopic (exact) mass is 393 g/mol. The number of nitrogens with zero attached hydrogens (tertiary/aromatic N) is 1. The third kappa shape index (κ3) is 4.11. The summed E-state index contributed by atoms with van der Waals surface area (Å²) in [4.78, 5) is 27.6. The number of carbonyl (C=O) groups excluding carboxylic acids is 2. The summed E-state index contributed by atoms with van der Waals surface area (Å²) >= 11 is 3.26. The molecule has 7 heteroatoms. The highest BCUT2D eigenvalue weighted by atomic mass is 79.9. The van der Waals surface area contributed by atoms with Crippen LogP contribution in [0.5, 0.6) is 5.75 Å². The molecule has 1 heterocycles.